The number of benzene rings is 2. The highest BCUT2D eigenvalue weighted by Gasteiger charge is 2.11. The first-order valence-electron chi connectivity index (χ1n) is 8.30. The Kier molecular flexibility index (Phi) is 5.83. The smallest absolute Gasteiger partial charge is 0.257 e. The van der Waals surface area contributed by atoms with E-state index in [1.807, 2.05) is 31.2 Å². The van der Waals surface area contributed by atoms with E-state index in [1.165, 1.54) is 11.3 Å². The third-order valence-electron chi connectivity index (χ3n) is 3.77. The van der Waals surface area contributed by atoms with Crippen LogP contribution in [0.4, 0.5) is 10.8 Å². The quantitative estimate of drug-likeness (QED) is 0.679. The predicted octanol–water partition coefficient (Wildman–Crippen LogP) is 3.89. The van der Waals surface area contributed by atoms with Crippen molar-refractivity contribution in [2.24, 2.45) is 0 Å². The van der Waals surface area contributed by atoms with Crippen LogP contribution in [0.2, 0.25) is 0 Å². The molecule has 3 aromatic rings. The van der Waals surface area contributed by atoms with Gasteiger partial charge in [-0.3, -0.25) is 14.9 Å². The average molecular weight is 381 g/mol. The van der Waals surface area contributed by atoms with Crippen LogP contribution in [0.25, 0.3) is 0 Å². The molecule has 6 nitrogen and oxygen atoms in total. The number of hydrogen-bond acceptors (Lipinski definition) is 5. The number of ether oxygens (including phenoxy) is 1. The second-order valence-electron chi connectivity index (χ2n) is 5.92. The van der Waals surface area contributed by atoms with Crippen molar-refractivity contribution in [3.8, 4) is 5.75 Å². The van der Waals surface area contributed by atoms with Crippen LogP contribution < -0.4 is 15.4 Å². The van der Waals surface area contributed by atoms with Gasteiger partial charge in [-0.15, -0.1) is 11.3 Å². The SMILES string of the molecule is COc1ccc(C(=O)Nc2nc(CC(=O)Nc3cccc(C)c3)cs2)cc1. The summed E-state index contributed by atoms with van der Waals surface area (Å²) in [4.78, 5) is 28.7. The minimum Gasteiger partial charge on any atom is -0.497 e. The van der Waals surface area contributed by atoms with Gasteiger partial charge in [0.25, 0.3) is 5.91 Å². The summed E-state index contributed by atoms with van der Waals surface area (Å²) >= 11 is 1.28. The topological polar surface area (TPSA) is 80.3 Å². The summed E-state index contributed by atoms with van der Waals surface area (Å²) in [6.45, 7) is 1.97. The van der Waals surface area contributed by atoms with Crippen molar-refractivity contribution in [3.05, 3.63) is 70.7 Å². The maximum atomic E-state index is 12.3. The Morgan fingerprint density at radius 1 is 1.11 bits per heavy atom. The standard InChI is InChI=1S/C20H19N3O3S/c1-13-4-3-5-15(10-13)21-18(24)11-16-12-27-20(22-16)23-19(25)14-6-8-17(26-2)9-7-14/h3-10,12H,11H2,1-2H3,(H,21,24)(H,22,23,25). The molecule has 0 aliphatic carbocycles. The van der Waals surface area contributed by atoms with Crippen molar-refractivity contribution < 1.29 is 14.3 Å². The summed E-state index contributed by atoms with van der Waals surface area (Å²) < 4.78 is 5.08. The second kappa shape index (κ2) is 8.46. The number of methoxy groups -OCH3 is 1. The third kappa shape index (κ3) is 5.15. The monoisotopic (exact) mass is 381 g/mol. The van der Waals surface area contributed by atoms with Gasteiger partial charge in [0.05, 0.1) is 19.2 Å². The van der Waals surface area contributed by atoms with E-state index in [9.17, 15) is 9.59 Å². The Labute approximate surface area is 161 Å². The maximum absolute atomic E-state index is 12.3. The number of aromatic nitrogens is 1. The second-order valence-corrected chi connectivity index (χ2v) is 6.78. The number of hydrogen-bond donors (Lipinski definition) is 2. The van der Waals surface area contributed by atoms with Gasteiger partial charge in [0.1, 0.15) is 5.75 Å². The lowest BCUT2D eigenvalue weighted by Gasteiger charge is -2.05. The first-order valence-corrected chi connectivity index (χ1v) is 9.18. The lowest BCUT2D eigenvalue weighted by molar-refractivity contribution is -0.115. The molecule has 7 heteroatoms. The van der Waals surface area contributed by atoms with Crippen LogP contribution in [0, 0.1) is 6.92 Å². The number of carbonyl (C=O) groups is 2. The number of nitrogens with one attached hydrogen (secondary N) is 2. The van der Waals surface area contributed by atoms with Crippen molar-refractivity contribution in [1.29, 1.82) is 0 Å². The highest BCUT2D eigenvalue weighted by molar-refractivity contribution is 7.14. The summed E-state index contributed by atoms with van der Waals surface area (Å²) in [5.74, 6) is 0.268. The van der Waals surface area contributed by atoms with Crippen molar-refractivity contribution in [2.75, 3.05) is 17.7 Å². The molecule has 0 saturated heterocycles. The van der Waals surface area contributed by atoms with Gasteiger partial charge < -0.3 is 10.1 Å². The van der Waals surface area contributed by atoms with E-state index in [0.29, 0.717) is 22.1 Å². The Morgan fingerprint density at radius 3 is 2.59 bits per heavy atom. The van der Waals surface area contributed by atoms with Crippen LogP contribution in [-0.4, -0.2) is 23.9 Å². The van der Waals surface area contributed by atoms with Crippen molar-refractivity contribution in [2.45, 2.75) is 13.3 Å². The molecule has 0 aliphatic heterocycles. The van der Waals surface area contributed by atoms with Gasteiger partial charge in [0.2, 0.25) is 5.91 Å². The highest BCUT2D eigenvalue weighted by atomic mass is 32.1. The normalized spacial score (nSPS) is 10.3. The number of carbonyl (C=O) groups excluding carboxylic acids is 2. The summed E-state index contributed by atoms with van der Waals surface area (Å²) in [5, 5.41) is 7.80. The zero-order valence-electron chi connectivity index (χ0n) is 15.0. The molecule has 0 unspecified atom stereocenters. The fraction of sp³-hybridized carbons (Fsp3) is 0.150. The molecule has 0 fully saturated rings. The largest absolute Gasteiger partial charge is 0.497 e. The van der Waals surface area contributed by atoms with E-state index in [2.05, 4.69) is 15.6 Å². The Hall–Kier alpha value is -3.19. The zero-order chi connectivity index (χ0) is 19.2. The Bertz CT molecular complexity index is 951. The van der Waals surface area contributed by atoms with Crippen molar-refractivity contribution in [1.82, 2.24) is 4.98 Å². The molecular formula is C20H19N3O3S. The molecule has 2 amide bonds. The molecule has 3 rings (SSSR count). The molecule has 2 aromatic carbocycles. The summed E-state index contributed by atoms with van der Waals surface area (Å²) in [5.41, 5.74) is 2.94. The minimum atomic E-state index is -0.261. The van der Waals surface area contributed by atoms with Gasteiger partial charge in [-0.05, 0) is 48.9 Å². The highest BCUT2D eigenvalue weighted by Crippen LogP contribution is 2.19. The molecule has 0 atom stereocenters. The van der Waals surface area contributed by atoms with Gasteiger partial charge in [-0.2, -0.15) is 0 Å². The number of anilines is 2. The maximum Gasteiger partial charge on any atom is 0.257 e. The van der Waals surface area contributed by atoms with E-state index in [0.717, 1.165) is 11.3 Å². The van der Waals surface area contributed by atoms with E-state index in [1.54, 1.807) is 36.8 Å². The van der Waals surface area contributed by atoms with Gasteiger partial charge in [-0.25, -0.2) is 4.98 Å². The summed E-state index contributed by atoms with van der Waals surface area (Å²) in [6, 6.07) is 14.4. The van der Waals surface area contributed by atoms with Crippen LogP contribution in [-0.2, 0) is 11.2 Å². The average Bonchev–Trinajstić information content (AvgIpc) is 3.08. The minimum absolute atomic E-state index is 0.142. The number of amides is 2. The molecule has 2 N–H and O–H groups in total. The van der Waals surface area contributed by atoms with Crippen molar-refractivity contribution in [3.63, 3.8) is 0 Å². The fourth-order valence-electron chi connectivity index (χ4n) is 2.45. The molecule has 0 saturated carbocycles. The lowest BCUT2D eigenvalue weighted by Crippen LogP contribution is -2.15. The fourth-order valence-corrected chi connectivity index (χ4v) is 3.16. The van der Waals surface area contributed by atoms with E-state index in [-0.39, 0.29) is 18.2 Å². The van der Waals surface area contributed by atoms with Crippen LogP contribution in [0.5, 0.6) is 5.75 Å². The molecule has 27 heavy (non-hydrogen) atoms. The molecule has 0 spiro atoms. The molecule has 1 aromatic heterocycles. The van der Waals surface area contributed by atoms with E-state index < -0.39 is 0 Å². The number of aryl methyl sites for hydroxylation is 1. The molecule has 0 aliphatic rings. The van der Waals surface area contributed by atoms with Crippen LogP contribution in [0.15, 0.2) is 53.9 Å². The molecule has 0 bridgehead atoms. The van der Waals surface area contributed by atoms with Gasteiger partial charge in [-0.1, -0.05) is 12.1 Å². The zero-order valence-corrected chi connectivity index (χ0v) is 15.8. The van der Waals surface area contributed by atoms with E-state index >= 15 is 0 Å². The third-order valence-corrected chi connectivity index (χ3v) is 4.57. The number of nitrogens with zero attached hydrogens (tertiary/aromatic N) is 1. The predicted molar refractivity (Wildman–Crippen MR) is 107 cm³/mol. The van der Waals surface area contributed by atoms with Gasteiger partial charge in [0.15, 0.2) is 5.13 Å². The molecule has 1 heterocycles. The van der Waals surface area contributed by atoms with Crippen molar-refractivity contribution >= 4 is 34.0 Å². The van der Waals surface area contributed by atoms with Crippen LogP contribution >= 0.6 is 11.3 Å². The Balaban J connectivity index is 1.57. The lowest BCUT2D eigenvalue weighted by atomic mass is 10.2. The number of thiazole rings is 1. The number of rotatable bonds is 6. The van der Waals surface area contributed by atoms with E-state index in [4.69, 9.17) is 4.74 Å². The van der Waals surface area contributed by atoms with Gasteiger partial charge >= 0.3 is 0 Å². The molecular weight excluding hydrogens is 362 g/mol. The van der Waals surface area contributed by atoms with Crippen LogP contribution in [0.3, 0.4) is 0 Å². The summed E-state index contributed by atoms with van der Waals surface area (Å²) in [7, 11) is 1.57. The molecule has 0 radical (unpaired) electrons. The van der Waals surface area contributed by atoms with Gasteiger partial charge in [0, 0.05) is 16.6 Å². The first-order chi connectivity index (χ1) is 13.0. The summed E-state index contributed by atoms with van der Waals surface area (Å²) in [6.07, 6.45) is 0.142. The Morgan fingerprint density at radius 2 is 1.89 bits per heavy atom. The van der Waals surface area contributed by atoms with Crippen LogP contribution in [0.1, 0.15) is 21.6 Å². The molecule has 138 valence electrons. The first kappa shape index (κ1) is 18.6.